The molecule has 124 valence electrons. The Labute approximate surface area is 131 Å². The number of rotatable bonds is 9. The lowest BCUT2D eigenvalue weighted by Gasteiger charge is -2.18. The molecule has 1 aromatic heterocycles. The number of hydrogen-bond donors (Lipinski definition) is 2. The zero-order valence-corrected chi connectivity index (χ0v) is 13.9. The summed E-state index contributed by atoms with van der Waals surface area (Å²) in [6.45, 7) is 4.16. The van der Waals surface area contributed by atoms with E-state index in [-0.39, 0.29) is 17.4 Å². The van der Waals surface area contributed by atoms with Crippen molar-refractivity contribution in [2.45, 2.75) is 44.0 Å². The minimum atomic E-state index is -3.58. The van der Waals surface area contributed by atoms with Crippen LogP contribution in [0.3, 0.4) is 0 Å². The molecular formula is C14H23N3O4S. The molecule has 1 aromatic rings. The molecule has 0 spiro atoms. The van der Waals surface area contributed by atoms with Gasteiger partial charge in [-0.25, -0.2) is 18.1 Å². The molecule has 0 aliphatic rings. The van der Waals surface area contributed by atoms with Gasteiger partial charge in [0.15, 0.2) is 0 Å². The SMILES string of the molecule is CCC(CC)NS(=O)(=O)c1ccc(N(C)CCC(=O)O)nc1. The van der Waals surface area contributed by atoms with Crippen LogP contribution < -0.4 is 9.62 Å². The van der Waals surface area contributed by atoms with Crippen LogP contribution in [0.2, 0.25) is 0 Å². The van der Waals surface area contributed by atoms with Crippen molar-refractivity contribution in [3.05, 3.63) is 18.3 Å². The number of aromatic nitrogens is 1. The molecule has 1 heterocycles. The van der Waals surface area contributed by atoms with Gasteiger partial charge in [-0.1, -0.05) is 13.8 Å². The van der Waals surface area contributed by atoms with E-state index in [1.165, 1.54) is 12.3 Å². The molecule has 1 rings (SSSR count). The van der Waals surface area contributed by atoms with Crippen molar-refractivity contribution in [3.8, 4) is 0 Å². The van der Waals surface area contributed by atoms with Crippen LogP contribution >= 0.6 is 0 Å². The van der Waals surface area contributed by atoms with Gasteiger partial charge in [-0.2, -0.15) is 0 Å². The molecule has 0 radical (unpaired) electrons. The molecule has 0 aromatic carbocycles. The van der Waals surface area contributed by atoms with Crippen molar-refractivity contribution in [2.75, 3.05) is 18.5 Å². The Hall–Kier alpha value is -1.67. The fraction of sp³-hybridized carbons (Fsp3) is 0.571. The molecule has 0 saturated carbocycles. The van der Waals surface area contributed by atoms with E-state index >= 15 is 0 Å². The quantitative estimate of drug-likeness (QED) is 0.711. The van der Waals surface area contributed by atoms with E-state index in [0.29, 0.717) is 12.4 Å². The maximum Gasteiger partial charge on any atom is 0.305 e. The summed E-state index contributed by atoms with van der Waals surface area (Å²) in [6, 6.07) is 2.95. The molecule has 22 heavy (non-hydrogen) atoms. The lowest BCUT2D eigenvalue weighted by Crippen LogP contribution is -2.34. The Morgan fingerprint density at radius 1 is 1.36 bits per heavy atom. The van der Waals surface area contributed by atoms with E-state index < -0.39 is 16.0 Å². The second kappa shape index (κ2) is 8.09. The predicted octanol–water partition coefficient (Wildman–Crippen LogP) is 1.46. The molecule has 0 aliphatic heterocycles. The summed E-state index contributed by atoms with van der Waals surface area (Å²) in [4.78, 5) is 16.4. The first-order chi connectivity index (χ1) is 10.3. The Balaban J connectivity index is 2.81. The third kappa shape index (κ3) is 5.27. The topological polar surface area (TPSA) is 99.6 Å². The van der Waals surface area contributed by atoms with Gasteiger partial charge in [-0.05, 0) is 25.0 Å². The molecular weight excluding hydrogens is 306 g/mol. The summed E-state index contributed by atoms with van der Waals surface area (Å²) in [5, 5.41) is 8.66. The maximum atomic E-state index is 12.2. The van der Waals surface area contributed by atoms with Crippen molar-refractivity contribution in [3.63, 3.8) is 0 Å². The number of carboxylic acids is 1. The van der Waals surface area contributed by atoms with Crippen molar-refractivity contribution < 1.29 is 18.3 Å². The number of nitrogens with zero attached hydrogens (tertiary/aromatic N) is 2. The second-order valence-electron chi connectivity index (χ2n) is 5.05. The van der Waals surface area contributed by atoms with Gasteiger partial charge in [-0.3, -0.25) is 4.79 Å². The minimum absolute atomic E-state index is 0.00549. The standard InChI is InChI=1S/C14H23N3O4S/c1-4-11(5-2)16-22(20,21)12-6-7-13(15-10-12)17(3)9-8-14(18)19/h6-7,10-11,16H,4-5,8-9H2,1-3H3,(H,18,19). The highest BCUT2D eigenvalue weighted by molar-refractivity contribution is 7.89. The summed E-state index contributed by atoms with van der Waals surface area (Å²) in [7, 11) is -1.87. The first kappa shape index (κ1) is 18.4. The van der Waals surface area contributed by atoms with Crippen LogP contribution in [0, 0.1) is 0 Å². The highest BCUT2D eigenvalue weighted by Gasteiger charge is 2.18. The Kier molecular flexibility index (Phi) is 6.76. The van der Waals surface area contributed by atoms with E-state index in [1.807, 2.05) is 13.8 Å². The minimum Gasteiger partial charge on any atom is -0.481 e. The Morgan fingerprint density at radius 2 is 2.00 bits per heavy atom. The lowest BCUT2D eigenvalue weighted by atomic mass is 10.2. The van der Waals surface area contributed by atoms with Gasteiger partial charge < -0.3 is 10.0 Å². The summed E-state index contributed by atoms with van der Waals surface area (Å²) >= 11 is 0. The van der Waals surface area contributed by atoms with E-state index in [0.717, 1.165) is 12.8 Å². The molecule has 0 aliphatic carbocycles. The van der Waals surface area contributed by atoms with Crippen LogP contribution in [0.15, 0.2) is 23.2 Å². The lowest BCUT2D eigenvalue weighted by molar-refractivity contribution is -0.136. The highest BCUT2D eigenvalue weighted by atomic mass is 32.2. The fourth-order valence-corrected chi connectivity index (χ4v) is 3.22. The van der Waals surface area contributed by atoms with Gasteiger partial charge in [0.1, 0.15) is 10.7 Å². The molecule has 0 amide bonds. The van der Waals surface area contributed by atoms with Gasteiger partial charge in [0, 0.05) is 25.8 Å². The average molecular weight is 329 g/mol. The number of sulfonamides is 1. The molecule has 0 fully saturated rings. The van der Waals surface area contributed by atoms with Crippen LogP contribution in [-0.4, -0.2) is 44.1 Å². The predicted molar refractivity (Wildman–Crippen MR) is 84.5 cm³/mol. The van der Waals surface area contributed by atoms with Crippen molar-refractivity contribution in [2.24, 2.45) is 0 Å². The summed E-state index contributed by atoms with van der Waals surface area (Å²) in [5.74, 6) is -0.358. The van der Waals surface area contributed by atoms with Crippen LogP contribution in [-0.2, 0) is 14.8 Å². The van der Waals surface area contributed by atoms with Gasteiger partial charge in [0.05, 0.1) is 6.42 Å². The largest absolute Gasteiger partial charge is 0.481 e. The summed E-state index contributed by atoms with van der Waals surface area (Å²) in [5.41, 5.74) is 0. The van der Waals surface area contributed by atoms with Crippen molar-refractivity contribution in [1.29, 1.82) is 0 Å². The number of aliphatic carboxylic acids is 1. The molecule has 7 nitrogen and oxygen atoms in total. The van der Waals surface area contributed by atoms with Crippen LogP contribution in [0.1, 0.15) is 33.1 Å². The third-order valence-corrected chi connectivity index (χ3v) is 4.90. The third-order valence-electron chi connectivity index (χ3n) is 3.39. The Bertz CT molecular complexity index is 583. The van der Waals surface area contributed by atoms with Crippen molar-refractivity contribution in [1.82, 2.24) is 9.71 Å². The fourth-order valence-electron chi connectivity index (χ4n) is 1.88. The van der Waals surface area contributed by atoms with Gasteiger partial charge in [-0.15, -0.1) is 0 Å². The number of carbonyl (C=O) groups is 1. The van der Waals surface area contributed by atoms with Gasteiger partial charge in [0.25, 0.3) is 0 Å². The zero-order chi connectivity index (χ0) is 16.8. The van der Waals surface area contributed by atoms with Crippen LogP contribution in [0.4, 0.5) is 5.82 Å². The van der Waals surface area contributed by atoms with Gasteiger partial charge in [0.2, 0.25) is 10.0 Å². The average Bonchev–Trinajstić information content (AvgIpc) is 2.50. The number of nitrogens with one attached hydrogen (secondary N) is 1. The molecule has 0 atom stereocenters. The smallest absolute Gasteiger partial charge is 0.305 e. The van der Waals surface area contributed by atoms with E-state index in [1.54, 1.807) is 18.0 Å². The summed E-state index contributed by atoms with van der Waals surface area (Å²) in [6.07, 6.45) is 2.73. The Morgan fingerprint density at radius 3 is 2.45 bits per heavy atom. The molecule has 0 bridgehead atoms. The van der Waals surface area contributed by atoms with E-state index in [2.05, 4.69) is 9.71 Å². The molecule has 2 N–H and O–H groups in total. The maximum absolute atomic E-state index is 12.2. The van der Waals surface area contributed by atoms with E-state index in [9.17, 15) is 13.2 Å². The van der Waals surface area contributed by atoms with Gasteiger partial charge >= 0.3 is 5.97 Å². The normalized spacial score (nSPS) is 11.6. The highest BCUT2D eigenvalue weighted by Crippen LogP contribution is 2.14. The summed E-state index contributed by atoms with van der Waals surface area (Å²) < 4.78 is 27.1. The number of carboxylic acid groups (broad SMARTS) is 1. The molecule has 8 heteroatoms. The number of anilines is 1. The molecule has 0 saturated heterocycles. The van der Waals surface area contributed by atoms with Crippen molar-refractivity contribution >= 4 is 21.8 Å². The monoisotopic (exact) mass is 329 g/mol. The molecule has 0 unspecified atom stereocenters. The zero-order valence-electron chi connectivity index (χ0n) is 13.1. The second-order valence-corrected chi connectivity index (χ2v) is 6.77. The van der Waals surface area contributed by atoms with E-state index in [4.69, 9.17) is 5.11 Å². The first-order valence-electron chi connectivity index (χ1n) is 7.21. The first-order valence-corrected chi connectivity index (χ1v) is 8.69. The van der Waals surface area contributed by atoms with Crippen LogP contribution in [0.25, 0.3) is 0 Å². The van der Waals surface area contributed by atoms with Crippen LogP contribution in [0.5, 0.6) is 0 Å². The number of pyridine rings is 1. The number of hydrogen-bond acceptors (Lipinski definition) is 5.